The van der Waals surface area contributed by atoms with Gasteiger partial charge in [0.05, 0.1) is 20.8 Å². The maximum Gasteiger partial charge on any atom is 0.317 e. The fourth-order valence-electron chi connectivity index (χ4n) is 3.26. The van der Waals surface area contributed by atoms with E-state index < -0.39 is 11.9 Å². The Morgan fingerprint density at radius 3 is 2.86 bits per heavy atom. The molecule has 2 aliphatic rings. The van der Waals surface area contributed by atoms with Gasteiger partial charge in [-0.2, -0.15) is 0 Å². The second-order valence-electron chi connectivity index (χ2n) is 5.43. The van der Waals surface area contributed by atoms with Crippen molar-refractivity contribution in [2.75, 3.05) is 20.8 Å². The SMILES string of the molecule is COC(=O)[C@H]1C(=O)C2=C(CCCO2)[C@@H]1c1cccc(OC)c1. The van der Waals surface area contributed by atoms with Crippen molar-refractivity contribution in [1.29, 1.82) is 0 Å². The first-order valence-corrected chi connectivity index (χ1v) is 7.29. The van der Waals surface area contributed by atoms with E-state index in [4.69, 9.17) is 14.2 Å². The number of hydrogen-bond donors (Lipinski definition) is 0. The van der Waals surface area contributed by atoms with Crippen LogP contribution in [0.1, 0.15) is 24.3 Å². The smallest absolute Gasteiger partial charge is 0.317 e. The van der Waals surface area contributed by atoms with Gasteiger partial charge in [0.25, 0.3) is 0 Å². The normalized spacial score (nSPS) is 23.8. The average molecular weight is 302 g/mol. The number of allylic oxidation sites excluding steroid dienone is 2. The molecule has 1 aromatic carbocycles. The highest BCUT2D eigenvalue weighted by Gasteiger charge is 2.49. The summed E-state index contributed by atoms with van der Waals surface area (Å²) in [5, 5.41) is 0. The minimum absolute atomic E-state index is 0.269. The number of esters is 1. The molecule has 1 aliphatic heterocycles. The van der Waals surface area contributed by atoms with Crippen LogP contribution >= 0.6 is 0 Å². The largest absolute Gasteiger partial charge is 0.497 e. The summed E-state index contributed by atoms with van der Waals surface area (Å²) in [5.41, 5.74) is 1.78. The van der Waals surface area contributed by atoms with E-state index in [1.54, 1.807) is 7.11 Å². The minimum Gasteiger partial charge on any atom is -0.497 e. The van der Waals surface area contributed by atoms with Crippen LogP contribution in [0.2, 0.25) is 0 Å². The van der Waals surface area contributed by atoms with Crippen LogP contribution in [0.15, 0.2) is 35.6 Å². The molecule has 0 N–H and O–H groups in total. The van der Waals surface area contributed by atoms with E-state index in [0.717, 1.165) is 24.0 Å². The molecule has 3 rings (SSSR count). The number of ketones is 1. The molecule has 0 unspecified atom stereocenters. The number of Topliss-reactive ketones (excluding diaryl/α,β-unsaturated/α-hetero) is 1. The molecule has 116 valence electrons. The third-order valence-electron chi connectivity index (χ3n) is 4.25. The minimum atomic E-state index is -0.861. The van der Waals surface area contributed by atoms with Crippen LogP contribution in [-0.2, 0) is 19.1 Å². The molecule has 2 atom stereocenters. The van der Waals surface area contributed by atoms with Crippen molar-refractivity contribution in [2.45, 2.75) is 18.8 Å². The molecule has 0 saturated heterocycles. The number of rotatable bonds is 3. The first-order chi connectivity index (χ1) is 10.7. The Hall–Kier alpha value is -2.30. The van der Waals surface area contributed by atoms with E-state index in [1.807, 2.05) is 24.3 Å². The summed E-state index contributed by atoms with van der Waals surface area (Å²) in [7, 11) is 2.89. The van der Waals surface area contributed by atoms with Gasteiger partial charge >= 0.3 is 5.97 Å². The molecular weight excluding hydrogens is 284 g/mol. The number of benzene rings is 1. The summed E-state index contributed by atoms with van der Waals surface area (Å²) >= 11 is 0. The number of carbonyl (C=O) groups is 2. The highest BCUT2D eigenvalue weighted by atomic mass is 16.5. The summed E-state index contributed by atoms with van der Waals surface area (Å²) in [6, 6.07) is 7.45. The topological polar surface area (TPSA) is 61.8 Å². The van der Waals surface area contributed by atoms with Gasteiger partial charge in [-0.05, 0) is 36.1 Å². The van der Waals surface area contributed by atoms with E-state index in [2.05, 4.69) is 0 Å². The van der Waals surface area contributed by atoms with Crippen LogP contribution in [0.3, 0.4) is 0 Å². The zero-order chi connectivity index (χ0) is 15.7. The highest BCUT2D eigenvalue weighted by Crippen LogP contribution is 2.46. The second kappa shape index (κ2) is 5.83. The van der Waals surface area contributed by atoms with E-state index in [0.29, 0.717) is 18.1 Å². The molecule has 22 heavy (non-hydrogen) atoms. The van der Waals surface area contributed by atoms with Crippen molar-refractivity contribution in [3.05, 3.63) is 41.2 Å². The number of carbonyl (C=O) groups excluding carboxylic acids is 2. The molecule has 1 aliphatic carbocycles. The fourth-order valence-corrected chi connectivity index (χ4v) is 3.26. The Kier molecular flexibility index (Phi) is 3.88. The lowest BCUT2D eigenvalue weighted by molar-refractivity contribution is -0.149. The van der Waals surface area contributed by atoms with Crippen LogP contribution in [0.5, 0.6) is 5.75 Å². The van der Waals surface area contributed by atoms with E-state index in [-0.39, 0.29) is 11.7 Å². The lowest BCUT2D eigenvalue weighted by atomic mass is 9.83. The predicted molar refractivity (Wildman–Crippen MR) is 78.5 cm³/mol. The molecule has 0 radical (unpaired) electrons. The van der Waals surface area contributed by atoms with Crippen molar-refractivity contribution < 1.29 is 23.8 Å². The standard InChI is InChI=1S/C17H18O5/c1-20-11-6-3-5-10(9-11)13-12-7-4-8-22-16(12)15(18)14(13)17(19)21-2/h3,5-6,9,13-14H,4,7-8H2,1-2H3/t13-,14+/m0/s1. The van der Waals surface area contributed by atoms with Gasteiger partial charge in [-0.25, -0.2) is 0 Å². The molecule has 0 aromatic heterocycles. The third kappa shape index (κ3) is 2.26. The average Bonchev–Trinajstić information content (AvgIpc) is 2.87. The quantitative estimate of drug-likeness (QED) is 0.633. The molecule has 0 fully saturated rings. The van der Waals surface area contributed by atoms with Gasteiger partial charge in [-0.3, -0.25) is 9.59 Å². The number of hydrogen-bond acceptors (Lipinski definition) is 5. The summed E-state index contributed by atoms with van der Waals surface area (Å²) in [6.07, 6.45) is 1.61. The van der Waals surface area contributed by atoms with Gasteiger partial charge in [0, 0.05) is 5.92 Å². The molecule has 5 nitrogen and oxygen atoms in total. The number of ether oxygens (including phenoxy) is 3. The molecule has 0 bridgehead atoms. The zero-order valence-electron chi connectivity index (χ0n) is 12.6. The lowest BCUT2D eigenvalue weighted by Crippen LogP contribution is -2.27. The summed E-state index contributed by atoms with van der Waals surface area (Å²) in [4.78, 5) is 24.7. The van der Waals surface area contributed by atoms with Crippen LogP contribution in [0.25, 0.3) is 0 Å². The number of methoxy groups -OCH3 is 2. The molecule has 0 saturated carbocycles. The lowest BCUT2D eigenvalue weighted by Gasteiger charge is -2.22. The van der Waals surface area contributed by atoms with Gasteiger partial charge in [-0.1, -0.05) is 12.1 Å². The summed E-state index contributed by atoms with van der Waals surface area (Å²) in [6.45, 7) is 0.517. The van der Waals surface area contributed by atoms with E-state index in [1.165, 1.54) is 7.11 Å². The van der Waals surface area contributed by atoms with Crippen LogP contribution in [-0.4, -0.2) is 32.6 Å². The van der Waals surface area contributed by atoms with Gasteiger partial charge in [0.15, 0.2) is 5.76 Å². The van der Waals surface area contributed by atoms with E-state index in [9.17, 15) is 9.59 Å². The zero-order valence-corrected chi connectivity index (χ0v) is 12.6. The van der Waals surface area contributed by atoms with E-state index >= 15 is 0 Å². The van der Waals surface area contributed by atoms with Gasteiger partial charge < -0.3 is 14.2 Å². The highest BCUT2D eigenvalue weighted by molar-refractivity contribution is 6.11. The Bertz CT molecular complexity index is 646. The maximum atomic E-state index is 12.6. The summed E-state index contributed by atoms with van der Waals surface area (Å²) < 4.78 is 15.6. The molecule has 5 heteroatoms. The maximum absolute atomic E-state index is 12.6. The van der Waals surface area contributed by atoms with Crippen molar-refractivity contribution in [3.8, 4) is 5.75 Å². The molecule has 0 spiro atoms. The summed E-state index contributed by atoms with van der Waals surface area (Å²) in [5.74, 6) is -0.926. The van der Waals surface area contributed by atoms with Crippen molar-refractivity contribution in [3.63, 3.8) is 0 Å². The fraction of sp³-hybridized carbons (Fsp3) is 0.412. The monoisotopic (exact) mass is 302 g/mol. The Morgan fingerprint density at radius 2 is 2.14 bits per heavy atom. The van der Waals surface area contributed by atoms with Crippen molar-refractivity contribution in [2.24, 2.45) is 5.92 Å². The van der Waals surface area contributed by atoms with Crippen LogP contribution < -0.4 is 4.74 Å². The van der Waals surface area contributed by atoms with Crippen LogP contribution in [0, 0.1) is 5.92 Å². The van der Waals surface area contributed by atoms with Gasteiger partial charge in [0.1, 0.15) is 11.7 Å². The van der Waals surface area contributed by atoms with Gasteiger partial charge in [-0.15, -0.1) is 0 Å². The molecule has 1 heterocycles. The van der Waals surface area contributed by atoms with Gasteiger partial charge in [0.2, 0.25) is 5.78 Å². The Labute approximate surface area is 128 Å². The van der Waals surface area contributed by atoms with Crippen molar-refractivity contribution >= 4 is 11.8 Å². The Balaban J connectivity index is 2.08. The predicted octanol–water partition coefficient (Wildman–Crippen LogP) is 2.22. The first-order valence-electron chi connectivity index (χ1n) is 7.29. The molecular formula is C17H18O5. The van der Waals surface area contributed by atoms with Crippen molar-refractivity contribution in [1.82, 2.24) is 0 Å². The first kappa shape index (κ1) is 14.6. The second-order valence-corrected chi connectivity index (χ2v) is 5.43. The molecule has 0 amide bonds. The van der Waals surface area contributed by atoms with Crippen LogP contribution in [0.4, 0.5) is 0 Å². The Morgan fingerprint density at radius 1 is 1.32 bits per heavy atom. The third-order valence-corrected chi connectivity index (χ3v) is 4.25. The molecule has 1 aromatic rings.